The Morgan fingerprint density at radius 1 is 0.794 bits per heavy atom. The number of nitrogens with one attached hydrogen (secondary N) is 2. The summed E-state index contributed by atoms with van der Waals surface area (Å²) in [5, 5.41) is 12.9. The van der Waals surface area contributed by atoms with Crippen LogP contribution in [0.15, 0.2) is 90.0 Å². The summed E-state index contributed by atoms with van der Waals surface area (Å²) in [7, 11) is 0. The van der Waals surface area contributed by atoms with Gasteiger partial charge in [0.05, 0.1) is 0 Å². The molecule has 7 nitrogen and oxygen atoms in total. The zero-order valence-corrected chi connectivity index (χ0v) is 18.8. The minimum atomic E-state index is -0.671. The van der Waals surface area contributed by atoms with Crippen LogP contribution in [0.5, 0.6) is 0 Å². The molecular formula is C27H28N4O3. The van der Waals surface area contributed by atoms with Gasteiger partial charge in [0.2, 0.25) is 0 Å². The third-order valence-electron chi connectivity index (χ3n) is 6.12. The number of hydrogen-bond donors (Lipinski definition) is 3. The number of amides is 2. The van der Waals surface area contributed by atoms with E-state index in [0.29, 0.717) is 11.6 Å². The molecule has 0 spiro atoms. The van der Waals surface area contributed by atoms with E-state index in [1.54, 1.807) is 17.6 Å². The first-order chi connectivity index (χ1) is 16.7. The lowest BCUT2D eigenvalue weighted by atomic mass is 9.85. The number of rotatable bonds is 7. The molecular weight excluding hydrogens is 428 g/mol. The van der Waals surface area contributed by atoms with Crippen LogP contribution in [-0.4, -0.2) is 29.3 Å². The quantitative estimate of drug-likeness (QED) is 0.267. The molecule has 0 bridgehead atoms. The first-order valence-electron chi connectivity index (χ1n) is 11.4. The lowest BCUT2D eigenvalue weighted by Gasteiger charge is -2.37. The Labute approximate surface area is 199 Å². The van der Waals surface area contributed by atoms with E-state index in [1.165, 1.54) is 23.5 Å². The molecule has 174 valence electrons. The summed E-state index contributed by atoms with van der Waals surface area (Å²) in [6, 6.07) is 27.4. The maximum absolute atomic E-state index is 12.4. The molecule has 1 fully saturated rings. The summed E-state index contributed by atoms with van der Waals surface area (Å²) in [5.74, 6) is -0.789. The molecule has 2 amide bonds. The van der Waals surface area contributed by atoms with Gasteiger partial charge in [0.25, 0.3) is 11.8 Å². The minimum Gasteiger partial charge on any atom is -0.338 e. The molecule has 0 aromatic heterocycles. The van der Waals surface area contributed by atoms with Gasteiger partial charge in [0, 0.05) is 34.8 Å². The van der Waals surface area contributed by atoms with Crippen molar-refractivity contribution in [3.8, 4) is 0 Å². The van der Waals surface area contributed by atoms with Gasteiger partial charge in [-0.3, -0.25) is 14.8 Å². The summed E-state index contributed by atoms with van der Waals surface area (Å²) in [6.07, 6.45) is 5.81. The van der Waals surface area contributed by atoms with E-state index in [0.717, 1.165) is 25.7 Å². The number of hydrazone groups is 1. The summed E-state index contributed by atoms with van der Waals surface area (Å²) >= 11 is 0. The summed E-state index contributed by atoms with van der Waals surface area (Å²) in [5.41, 5.74) is 6.97. The van der Waals surface area contributed by atoms with Crippen molar-refractivity contribution in [2.75, 3.05) is 4.90 Å². The fourth-order valence-electron chi connectivity index (χ4n) is 4.39. The Balaban J connectivity index is 1.35. The highest BCUT2D eigenvalue weighted by Gasteiger charge is 2.26. The monoisotopic (exact) mass is 456 g/mol. The Kier molecular flexibility index (Phi) is 7.67. The molecule has 0 radical (unpaired) electrons. The molecule has 1 aliphatic carbocycles. The van der Waals surface area contributed by atoms with Crippen molar-refractivity contribution in [3.05, 3.63) is 96.1 Å². The summed E-state index contributed by atoms with van der Waals surface area (Å²) in [6.45, 7) is 0. The minimum absolute atomic E-state index is 0.193. The van der Waals surface area contributed by atoms with E-state index in [1.807, 2.05) is 18.3 Å². The molecule has 34 heavy (non-hydrogen) atoms. The first kappa shape index (κ1) is 23.2. The van der Waals surface area contributed by atoms with Crippen molar-refractivity contribution >= 4 is 29.4 Å². The van der Waals surface area contributed by atoms with Crippen molar-refractivity contribution in [1.29, 1.82) is 0 Å². The fourth-order valence-corrected chi connectivity index (χ4v) is 4.39. The van der Waals surface area contributed by atoms with Gasteiger partial charge >= 0.3 is 0 Å². The smallest absolute Gasteiger partial charge is 0.274 e. The molecule has 3 aromatic carbocycles. The van der Waals surface area contributed by atoms with Crippen LogP contribution < -0.4 is 15.8 Å². The SMILES string of the molecule is O=C(NO)c1cccc(C(=O)N/N=C/C2CCC(N(c3ccccc3)c3ccccc3)CC2)c1. The number of benzene rings is 3. The topological polar surface area (TPSA) is 94.0 Å². The van der Waals surface area contributed by atoms with Crippen molar-refractivity contribution in [3.63, 3.8) is 0 Å². The number of carbonyl (C=O) groups excluding carboxylic acids is 2. The summed E-state index contributed by atoms with van der Waals surface area (Å²) < 4.78 is 0. The van der Waals surface area contributed by atoms with Crippen molar-refractivity contribution < 1.29 is 14.8 Å². The number of anilines is 2. The average molecular weight is 457 g/mol. The highest BCUT2D eigenvalue weighted by molar-refractivity contribution is 5.99. The van der Waals surface area contributed by atoms with E-state index in [2.05, 4.69) is 64.0 Å². The van der Waals surface area contributed by atoms with Gasteiger partial charge in [0.1, 0.15) is 0 Å². The second-order valence-corrected chi connectivity index (χ2v) is 8.35. The second-order valence-electron chi connectivity index (χ2n) is 8.35. The van der Waals surface area contributed by atoms with Gasteiger partial charge < -0.3 is 4.90 Å². The number of nitrogens with zero attached hydrogens (tertiary/aromatic N) is 2. The molecule has 0 atom stereocenters. The van der Waals surface area contributed by atoms with E-state index in [4.69, 9.17) is 5.21 Å². The zero-order valence-electron chi connectivity index (χ0n) is 18.8. The van der Waals surface area contributed by atoms with Gasteiger partial charge in [-0.2, -0.15) is 5.10 Å². The Bertz CT molecular complexity index is 1090. The summed E-state index contributed by atoms with van der Waals surface area (Å²) in [4.78, 5) is 26.3. The molecule has 3 aromatic rings. The van der Waals surface area contributed by atoms with E-state index < -0.39 is 11.8 Å². The van der Waals surface area contributed by atoms with Gasteiger partial charge in [-0.15, -0.1) is 0 Å². The van der Waals surface area contributed by atoms with Crippen LogP contribution in [-0.2, 0) is 0 Å². The highest BCUT2D eigenvalue weighted by Crippen LogP contribution is 2.35. The van der Waals surface area contributed by atoms with Crippen LogP contribution in [0.4, 0.5) is 11.4 Å². The van der Waals surface area contributed by atoms with Crippen LogP contribution in [0, 0.1) is 5.92 Å². The molecule has 1 saturated carbocycles. The van der Waals surface area contributed by atoms with Gasteiger partial charge in [0.15, 0.2) is 0 Å². The normalized spacial score (nSPS) is 17.8. The fraction of sp³-hybridized carbons (Fsp3) is 0.222. The molecule has 0 unspecified atom stereocenters. The predicted molar refractivity (Wildman–Crippen MR) is 132 cm³/mol. The van der Waals surface area contributed by atoms with Crippen molar-refractivity contribution in [1.82, 2.24) is 10.9 Å². The highest BCUT2D eigenvalue weighted by atomic mass is 16.5. The lowest BCUT2D eigenvalue weighted by Crippen LogP contribution is -2.35. The predicted octanol–water partition coefficient (Wildman–Crippen LogP) is 4.92. The lowest BCUT2D eigenvalue weighted by molar-refractivity contribution is 0.0706. The zero-order chi connectivity index (χ0) is 23.8. The van der Waals surface area contributed by atoms with E-state index >= 15 is 0 Å². The standard InChI is InChI=1S/C27H28N4O3/c32-26(21-8-7-9-22(18-21)27(33)30-34)29-28-19-20-14-16-25(17-15-20)31(23-10-3-1-4-11-23)24-12-5-2-6-13-24/h1-13,18-20,25,34H,14-17H2,(H,29,32)(H,30,33)/b28-19+. The third kappa shape index (κ3) is 5.68. The average Bonchev–Trinajstić information content (AvgIpc) is 2.90. The molecule has 0 heterocycles. The van der Waals surface area contributed by atoms with Crippen molar-refractivity contribution in [2.24, 2.45) is 11.0 Å². The molecule has 0 saturated heterocycles. The first-order valence-corrected chi connectivity index (χ1v) is 11.4. The Morgan fingerprint density at radius 2 is 1.35 bits per heavy atom. The Morgan fingerprint density at radius 3 is 1.91 bits per heavy atom. The van der Waals surface area contributed by atoms with E-state index in [9.17, 15) is 9.59 Å². The molecule has 7 heteroatoms. The Hall–Kier alpha value is -3.97. The maximum atomic E-state index is 12.4. The van der Waals surface area contributed by atoms with Crippen molar-refractivity contribution in [2.45, 2.75) is 31.7 Å². The second kappa shape index (κ2) is 11.2. The third-order valence-corrected chi connectivity index (χ3v) is 6.12. The van der Waals surface area contributed by atoms with Gasteiger partial charge in [-0.1, -0.05) is 42.5 Å². The van der Waals surface area contributed by atoms with Gasteiger partial charge in [-0.25, -0.2) is 10.9 Å². The van der Waals surface area contributed by atoms with Crippen LogP contribution in [0.2, 0.25) is 0 Å². The molecule has 0 aliphatic heterocycles. The van der Waals surface area contributed by atoms with Crippen LogP contribution in [0.25, 0.3) is 0 Å². The maximum Gasteiger partial charge on any atom is 0.274 e. The van der Waals surface area contributed by atoms with Crippen LogP contribution in [0.1, 0.15) is 46.4 Å². The van der Waals surface area contributed by atoms with E-state index in [-0.39, 0.29) is 11.5 Å². The molecule has 3 N–H and O–H groups in total. The number of carbonyl (C=O) groups is 2. The van der Waals surface area contributed by atoms with Crippen LogP contribution >= 0.6 is 0 Å². The number of hydroxylamine groups is 1. The van der Waals surface area contributed by atoms with Crippen LogP contribution in [0.3, 0.4) is 0 Å². The molecule has 1 aliphatic rings. The number of hydrogen-bond acceptors (Lipinski definition) is 5. The number of para-hydroxylation sites is 2. The molecule has 4 rings (SSSR count). The largest absolute Gasteiger partial charge is 0.338 e. The van der Waals surface area contributed by atoms with Gasteiger partial charge in [-0.05, 0) is 74.1 Å².